The lowest BCUT2D eigenvalue weighted by molar-refractivity contribution is 0.0205. The normalized spacial score (nSPS) is 23.2. The number of halogens is 2. The van der Waals surface area contributed by atoms with E-state index in [1.165, 1.54) is 12.1 Å². The number of nitrogens with one attached hydrogen (secondary N) is 1. The van der Waals surface area contributed by atoms with Crippen molar-refractivity contribution in [2.75, 3.05) is 13.1 Å². The second-order valence-corrected chi connectivity index (χ2v) is 10.4. The maximum atomic E-state index is 14.6. The molecular weight excluding hydrogens is 452 g/mol. The van der Waals surface area contributed by atoms with E-state index in [0.29, 0.717) is 31.8 Å². The molecule has 2 unspecified atom stereocenters. The fraction of sp³-hybridized carbons (Fsp3) is 0.522. The van der Waals surface area contributed by atoms with E-state index in [2.05, 4.69) is 10.3 Å². The number of hydrogen-bond donors (Lipinski definition) is 1. The van der Waals surface area contributed by atoms with Gasteiger partial charge in [-0.2, -0.15) is 0 Å². The topological polar surface area (TPSA) is 80.2 Å². The molecule has 3 aliphatic rings. The number of ether oxygens (including phenoxy) is 2. The minimum atomic E-state index is -0.734. The van der Waals surface area contributed by atoms with Crippen LogP contribution in [0.5, 0.6) is 0 Å². The predicted octanol–water partition coefficient (Wildman–Crippen LogP) is 4.67. The third kappa shape index (κ3) is 5.26. The summed E-state index contributed by atoms with van der Waals surface area (Å²) in [5, 5.41) is 2.57. The zero-order valence-electron chi connectivity index (χ0n) is 19.0. The van der Waals surface area contributed by atoms with E-state index < -0.39 is 35.3 Å². The summed E-state index contributed by atoms with van der Waals surface area (Å²) in [4.78, 5) is 31.4. The summed E-state index contributed by atoms with van der Waals surface area (Å²) < 4.78 is 39.8. The van der Waals surface area contributed by atoms with Gasteiger partial charge in [0.1, 0.15) is 34.3 Å². The molecule has 1 aromatic heterocycles. The molecule has 178 valence electrons. The third-order valence-corrected chi connectivity index (χ3v) is 6.85. The number of fused-ring (bicyclic) bond motifs is 1. The lowest BCUT2D eigenvalue weighted by Gasteiger charge is -2.33. The monoisotopic (exact) mass is 479 g/mol. The molecule has 33 heavy (non-hydrogen) atoms. The van der Waals surface area contributed by atoms with Gasteiger partial charge in [0.15, 0.2) is 5.90 Å². The minimum absolute atomic E-state index is 0.0451. The van der Waals surface area contributed by atoms with Gasteiger partial charge in [0.25, 0.3) is 5.91 Å². The van der Waals surface area contributed by atoms with Crippen LogP contribution in [0, 0.1) is 5.82 Å². The molecular formula is C23H27F2N3O4S. The second-order valence-electron chi connectivity index (χ2n) is 9.35. The van der Waals surface area contributed by atoms with Crippen LogP contribution in [0.15, 0.2) is 34.7 Å². The Hall–Kier alpha value is -2.75. The molecule has 1 aromatic rings. The fourth-order valence-electron chi connectivity index (χ4n) is 4.05. The fourth-order valence-corrected chi connectivity index (χ4v) is 5.15. The van der Waals surface area contributed by atoms with Crippen LogP contribution in [0.25, 0.3) is 0 Å². The standard InChI is InChI=1S/C23H27F2N3O4S/c1-12-26-19-15(24)9-14(10-17(19)31-12)27-21(29)20-16(25)11-18(33-20)13-5-7-28(8-6-13)22(30)32-23(2,3)4/h9-11,13,17,19H,5-8H2,1-4H3,(H,27,29). The number of amides is 2. The zero-order valence-corrected chi connectivity index (χ0v) is 19.8. The van der Waals surface area contributed by atoms with Crippen molar-refractivity contribution < 1.29 is 27.8 Å². The molecule has 0 aromatic carbocycles. The Bertz CT molecular complexity index is 1050. The van der Waals surface area contributed by atoms with Crippen LogP contribution in [0.1, 0.15) is 61.0 Å². The first-order valence-corrected chi connectivity index (χ1v) is 11.7. The third-order valence-electron chi connectivity index (χ3n) is 5.58. The summed E-state index contributed by atoms with van der Waals surface area (Å²) in [6.07, 6.45) is 3.09. The van der Waals surface area contributed by atoms with Crippen molar-refractivity contribution in [1.82, 2.24) is 10.2 Å². The van der Waals surface area contributed by atoms with Crippen LogP contribution >= 0.6 is 11.3 Å². The van der Waals surface area contributed by atoms with Crippen LogP contribution in [0.2, 0.25) is 0 Å². The van der Waals surface area contributed by atoms with Crippen LogP contribution in [0.3, 0.4) is 0 Å². The van der Waals surface area contributed by atoms with Gasteiger partial charge in [0.05, 0.1) is 0 Å². The van der Waals surface area contributed by atoms with Crippen molar-refractivity contribution in [3.8, 4) is 0 Å². The minimum Gasteiger partial charge on any atom is -0.471 e. The molecule has 3 heterocycles. The molecule has 1 N–H and O–H groups in total. The van der Waals surface area contributed by atoms with Crippen molar-refractivity contribution in [2.24, 2.45) is 4.99 Å². The molecule has 2 atom stereocenters. The average molecular weight is 480 g/mol. The van der Waals surface area contributed by atoms with E-state index in [1.807, 2.05) is 20.8 Å². The molecule has 1 saturated heterocycles. The van der Waals surface area contributed by atoms with E-state index >= 15 is 0 Å². The highest BCUT2D eigenvalue weighted by molar-refractivity contribution is 7.14. The molecule has 10 heteroatoms. The molecule has 0 radical (unpaired) electrons. The van der Waals surface area contributed by atoms with Crippen LogP contribution in [0.4, 0.5) is 13.6 Å². The lowest BCUT2D eigenvalue weighted by Crippen LogP contribution is -2.41. The van der Waals surface area contributed by atoms with E-state index in [0.717, 1.165) is 16.2 Å². The lowest BCUT2D eigenvalue weighted by atomic mass is 9.95. The highest BCUT2D eigenvalue weighted by atomic mass is 32.1. The highest BCUT2D eigenvalue weighted by Gasteiger charge is 2.35. The van der Waals surface area contributed by atoms with Crippen molar-refractivity contribution in [2.45, 2.75) is 64.2 Å². The van der Waals surface area contributed by atoms with Gasteiger partial charge in [-0.1, -0.05) is 0 Å². The van der Waals surface area contributed by atoms with Gasteiger partial charge in [0, 0.05) is 30.6 Å². The summed E-state index contributed by atoms with van der Waals surface area (Å²) in [7, 11) is 0. The van der Waals surface area contributed by atoms with Gasteiger partial charge in [-0.15, -0.1) is 11.3 Å². The number of allylic oxidation sites excluding steroid dienone is 1. The van der Waals surface area contributed by atoms with Crippen molar-refractivity contribution >= 4 is 29.2 Å². The van der Waals surface area contributed by atoms with E-state index in [-0.39, 0.29) is 22.6 Å². The number of likely N-dealkylation sites (tertiary alicyclic amines) is 1. The molecule has 0 bridgehead atoms. The van der Waals surface area contributed by atoms with Gasteiger partial charge in [-0.25, -0.2) is 18.6 Å². The van der Waals surface area contributed by atoms with E-state index in [4.69, 9.17) is 9.47 Å². The maximum absolute atomic E-state index is 14.6. The van der Waals surface area contributed by atoms with Crippen LogP contribution < -0.4 is 5.32 Å². The average Bonchev–Trinajstić information content (AvgIpc) is 3.29. The number of nitrogens with zero attached hydrogens (tertiary/aromatic N) is 2. The van der Waals surface area contributed by atoms with Gasteiger partial charge in [0.2, 0.25) is 0 Å². The van der Waals surface area contributed by atoms with Crippen molar-refractivity contribution in [3.63, 3.8) is 0 Å². The Labute approximate surface area is 195 Å². The molecule has 1 fully saturated rings. The summed E-state index contributed by atoms with van der Waals surface area (Å²) in [5.41, 5.74) is -0.348. The molecule has 2 aliphatic heterocycles. The van der Waals surface area contributed by atoms with Crippen LogP contribution in [-0.2, 0) is 9.47 Å². The number of carbonyl (C=O) groups is 2. The Balaban J connectivity index is 1.38. The quantitative estimate of drug-likeness (QED) is 0.683. The number of hydrogen-bond acceptors (Lipinski definition) is 6. The van der Waals surface area contributed by atoms with Gasteiger partial charge >= 0.3 is 6.09 Å². The van der Waals surface area contributed by atoms with Gasteiger partial charge in [-0.05, 0) is 57.7 Å². The Morgan fingerprint density at radius 1 is 1.27 bits per heavy atom. The zero-order chi connectivity index (χ0) is 23.9. The van der Waals surface area contributed by atoms with Gasteiger partial charge < -0.3 is 19.7 Å². The largest absolute Gasteiger partial charge is 0.471 e. The number of thiophene rings is 1. The van der Waals surface area contributed by atoms with E-state index in [9.17, 15) is 18.4 Å². The number of aliphatic imine (C=N–C) groups is 1. The summed E-state index contributed by atoms with van der Waals surface area (Å²) in [6, 6.07) is 0.647. The molecule has 1 aliphatic carbocycles. The van der Waals surface area contributed by atoms with Crippen molar-refractivity contribution in [3.05, 3.63) is 45.3 Å². The first kappa shape index (κ1) is 23.4. The highest BCUT2D eigenvalue weighted by Crippen LogP contribution is 2.35. The Morgan fingerprint density at radius 3 is 2.64 bits per heavy atom. The SMILES string of the molecule is CC1=NC2C(F)=CC(NC(=O)c3sc(C4CCN(C(=O)OC(C)(C)C)CC4)cc3F)=CC2O1. The smallest absolute Gasteiger partial charge is 0.410 e. The number of piperidine rings is 1. The first-order valence-electron chi connectivity index (χ1n) is 10.9. The predicted molar refractivity (Wildman–Crippen MR) is 121 cm³/mol. The summed E-state index contributed by atoms with van der Waals surface area (Å²) in [5.74, 6) is -1.34. The van der Waals surface area contributed by atoms with Crippen LogP contribution in [-0.4, -0.2) is 53.6 Å². The van der Waals surface area contributed by atoms with Gasteiger partial charge in [-0.3, -0.25) is 4.79 Å². The summed E-state index contributed by atoms with van der Waals surface area (Å²) >= 11 is 1.09. The number of carbonyl (C=O) groups excluding carboxylic acids is 2. The summed E-state index contributed by atoms with van der Waals surface area (Å²) in [6.45, 7) is 8.10. The maximum Gasteiger partial charge on any atom is 0.410 e. The Kier molecular flexibility index (Phi) is 6.30. The molecule has 0 spiro atoms. The number of rotatable bonds is 3. The van der Waals surface area contributed by atoms with Crippen molar-refractivity contribution in [1.29, 1.82) is 0 Å². The molecule has 7 nitrogen and oxygen atoms in total. The first-order chi connectivity index (χ1) is 15.5. The second kappa shape index (κ2) is 8.89. The molecule has 4 rings (SSSR count). The molecule has 0 saturated carbocycles. The molecule has 2 amide bonds. The van der Waals surface area contributed by atoms with E-state index in [1.54, 1.807) is 17.9 Å². The Morgan fingerprint density at radius 2 is 1.97 bits per heavy atom.